The SMILES string of the molecule is Cc1ccc(C(c2ccc3cnccc3c2)N2CCCNCC2)cc1. The monoisotopic (exact) mass is 331 g/mol. The van der Waals surface area contributed by atoms with Crippen LogP contribution in [-0.4, -0.2) is 36.1 Å². The normalized spacial score (nSPS) is 17.3. The van der Waals surface area contributed by atoms with E-state index in [9.17, 15) is 0 Å². The van der Waals surface area contributed by atoms with Crippen molar-refractivity contribution >= 4 is 10.8 Å². The number of hydrogen-bond acceptors (Lipinski definition) is 3. The summed E-state index contributed by atoms with van der Waals surface area (Å²) in [6, 6.07) is 18.2. The van der Waals surface area contributed by atoms with Gasteiger partial charge in [-0.15, -0.1) is 0 Å². The Morgan fingerprint density at radius 2 is 1.76 bits per heavy atom. The highest BCUT2D eigenvalue weighted by Crippen LogP contribution is 2.31. The van der Waals surface area contributed by atoms with Crippen LogP contribution >= 0.6 is 0 Å². The van der Waals surface area contributed by atoms with Crippen LogP contribution in [0.5, 0.6) is 0 Å². The van der Waals surface area contributed by atoms with Gasteiger partial charge in [0, 0.05) is 37.4 Å². The number of benzene rings is 2. The molecule has 0 aliphatic carbocycles. The van der Waals surface area contributed by atoms with Crippen molar-refractivity contribution in [3.63, 3.8) is 0 Å². The molecule has 1 aliphatic rings. The molecule has 2 aromatic carbocycles. The maximum Gasteiger partial charge on any atom is 0.0602 e. The third kappa shape index (κ3) is 3.58. The predicted octanol–water partition coefficient (Wildman–Crippen LogP) is 3.93. The van der Waals surface area contributed by atoms with Gasteiger partial charge in [-0.05, 0) is 48.5 Å². The lowest BCUT2D eigenvalue weighted by Crippen LogP contribution is -2.33. The van der Waals surface area contributed by atoms with Crippen LogP contribution < -0.4 is 5.32 Å². The van der Waals surface area contributed by atoms with E-state index >= 15 is 0 Å². The summed E-state index contributed by atoms with van der Waals surface area (Å²) >= 11 is 0. The van der Waals surface area contributed by atoms with E-state index in [2.05, 4.69) is 70.7 Å². The van der Waals surface area contributed by atoms with Gasteiger partial charge >= 0.3 is 0 Å². The largest absolute Gasteiger partial charge is 0.315 e. The van der Waals surface area contributed by atoms with E-state index in [-0.39, 0.29) is 0 Å². The van der Waals surface area contributed by atoms with Gasteiger partial charge in [0.15, 0.2) is 0 Å². The molecule has 1 aromatic heterocycles. The van der Waals surface area contributed by atoms with Gasteiger partial charge in [0.2, 0.25) is 0 Å². The van der Waals surface area contributed by atoms with Crippen LogP contribution in [0.3, 0.4) is 0 Å². The highest BCUT2D eigenvalue weighted by Gasteiger charge is 2.23. The zero-order chi connectivity index (χ0) is 17.1. The standard InChI is InChI=1S/C22H25N3/c1-17-3-5-18(6-4-17)22(25-13-2-10-23-12-14-25)20-7-8-21-16-24-11-9-19(21)15-20/h3-9,11,15-16,22-23H,2,10,12-14H2,1H3. The fraction of sp³-hybridized carbons (Fsp3) is 0.318. The predicted molar refractivity (Wildman–Crippen MR) is 104 cm³/mol. The zero-order valence-electron chi connectivity index (χ0n) is 14.8. The van der Waals surface area contributed by atoms with E-state index in [0.717, 1.165) is 26.2 Å². The molecule has 1 N–H and O–H groups in total. The fourth-order valence-electron chi connectivity index (χ4n) is 3.76. The minimum absolute atomic E-state index is 0.304. The highest BCUT2D eigenvalue weighted by molar-refractivity contribution is 5.82. The van der Waals surface area contributed by atoms with Crippen LogP contribution in [-0.2, 0) is 0 Å². The first-order valence-electron chi connectivity index (χ1n) is 9.16. The van der Waals surface area contributed by atoms with Crippen LogP contribution in [0, 0.1) is 6.92 Å². The molecule has 0 amide bonds. The quantitative estimate of drug-likeness (QED) is 0.788. The average Bonchev–Trinajstić information content (AvgIpc) is 2.93. The number of pyridine rings is 1. The molecular formula is C22H25N3. The summed E-state index contributed by atoms with van der Waals surface area (Å²) < 4.78 is 0. The van der Waals surface area contributed by atoms with E-state index in [1.165, 1.54) is 33.9 Å². The van der Waals surface area contributed by atoms with Gasteiger partial charge < -0.3 is 5.32 Å². The molecule has 1 saturated heterocycles. The average molecular weight is 331 g/mol. The van der Waals surface area contributed by atoms with Crippen LogP contribution in [0.2, 0.25) is 0 Å². The van der Waals surface area contributed by atoms with Gasteiger partial charge in [-0.3, -0.25) is 9.88 Å². The lowest BCUT2D eigenvalue weighted by atomic mass is 9.94. The van der Waals surface area contributed by atoms with Crippen molar-refractivity contribution in [2.24, 2.45) is 0 Å². The molecule has 1 atom stereocenters. The Bertz CT molecular complexity index is 833. The molecule has 4 rings (SSSR count). The molecule has 1 unspecified atom stereocenters. The summed E-state index contributed by atoms with van der Waals surface area (Å²) in [5.74, 6) is 0. The fourth-order valence-corrected chi connectivity index (χ4v) is 3.76. The molecule has 1 fully saturated rings. The van der Waals surface area contributed by atoms with Crippen LogP contribution in [0.4, 0.5) is 0 Å². The summed E-state index contributed by atoms with van der Waals surface area (Å²) in [5.41, 5.74) is 4.05. The van der Waals surface area contributed by atoms with Crippen molar-refractivity contribution in [1.29, 1.82) is 0 Å². The van der Waals surface area contributed by atoms with Gasteiger partial charge in [-0.1, -0.05) is 42.0 Å². The number of fused-ring (bicyclic) bond motifs is 1. The molecule has 128 valence electrons. The molecule has 0 radical (unpaired) electrons. The van der Waals surface area contributed by atoms with Gasteiger partial charge in [0.05, 0.1) is 6.04 Å². The third-order valence-corrected chi connectivity index (χ3v) is 5.11. The maximum atomic E-state index is 4.24. The van der Waals surface area contributed by atoms with E-state index < -0.39 is 0 Å². The molecular weight excluding hydrogens is 306 g/mol. The first kappa shape index (κ1) is 16.2. The lowest BCUT2D eigenvalue weighted by molar-refractivity contribution is 0.241. The van der Waals surface area contributed by atoms with Crippen molar-refractivity contribution in [3.05, 3.63) is 77.6 Å². The number of aromatic nitrogens is 1. The van der Waals surface area contributed by atoms with E-state index in [4.69, 9.17) is 0 Å². The van der Waals surface area contributed by atoms with Gasteiger partial charge in [-0.2, -0.15) is 0 Å². The minimum Gasteiger partial charge on any atom is -0.315 e. The van der Waals surface area contributed by atoms with Gasteiger partial charge in [0.1, 0.15) is 0 Å². The number of aryl methyl sites for hydroxylation is 1. The summed E-state index contributed by atoms with van der Waals surface area (Å²) in [6.45, 7) is 6.52. The number of nitrogens with one attached hydrogen (secondary N) is 1. The Labute approximate surface area is 149 Å². The molecule has 0 spiro atoms. The van der Waals surface area contributed by atoms with E-state index in [0.29, 0.717) is 6.04 Å². The molecule has 0 bridgehead atoms. The molecule has 25 heavy (non-hydrogen) atoms. The Hall–Kier alpha value is -2.23. The summed E-state index contributed by atoms with van der Waals surface area (Å²) in [5, 5.41) is 5.99. The van der Waals surface area contributed by atoms with Crippen LogP contribution in [0.15, 0.2) is 60.9 Å². The smallest absolute Gasteiger partial charge is 0.0602 e. The van der Waals surface area contributed by atoms with Crippen molar-refractivity contribution in [2.75, 3.05) is 26.2 Å². The number of rotatable bonds is 3. The first-order chi connectivity index (χ1) is 12.3. The highest BCUT2D eigenvalue weighted by atomic mass is 15.2. The molecule has 2 heterocycles. The first-order valence-corrected chi connectivity index (χ1v) is 9.16. The second-order valence-corrected chi connectivity index (χ2v) is 6.94. The summed E-state index contributed by atoms with van der Waals surface area (Å²) in [4.78, 5) is 6.86. The van der Waals surface area contributed by atoms with Gasteiger partial charge in [0.25, 0.3) is 0 Å². The van der Waals surface area contributed by atoms with E-state index in [1.54, 1.807) is 0 Å². The van der Waals surface area contributed by atoms with Crippen molar-refractivity contribution < 1.29 is 0 Å². The molecule has 3 nitrogen and oxygen atoms in total. The van der Waals surface area contributed by atoms with Crippen molar-refractivity contribution in [1.82, 2.24) is 15.2 Å². The Morgan fingerprint density at radius 1 is 0.920 bits per heavy atom. The second-order valence-electron chi connectivity index (χ2n) is 6.94. The topological polar surface area (TPSA) is 28.2 Å². The summed E-state index contributed by atoms with van der Waals surface area (Å²) in [7, 11) is 0. The Morgan fingerprint density at radius 3 is 2.64 bits per heavy atom. The van der Waals surface area contributed by atoms with Crippen molar-refractivity contribution in [3.8, 4) is 0 Å². The number of hydrogen-bond donors (Lipinski definition) is 1. The Balaban J connectivity index is 1.78. The zero-order valence-corrected chi connectivity index (χ0v) is 14.8. The molecule has 0 saturated carbocycles. The van der Waals surface area contributed by atoms with Crippen molar-refractivity contribution in [2.45, 2.75) is 19.4 Å². The van der Waals surface area contributed by atoms with E-state index in [1.807, 2.05) is 12.4 Å². The van der Waals surface area contributed by atoms with Gasteiger partial charge in [-0.25, -0.2) is 0 Å². The maximum absolute atomic E-state index is 4.24. The van der Waals surface area contributed by atoms with Crippen LogP contribution in [0.25, 0.3) is 10.8 Å². The molecule has 1 aliphatic heterocycles. The second kappa shape index (κ2) is 7.34. The van der Waals surface area contributed by atoms with Crippen LogP contribution in [0.1, 0.15) is 29.2 Å². The summed E-state index contributed by atoms with van der Waals surface area (Å²) in [6.07, 6.45) is 5.01. The minimum atomic E-state index is 0.304. The molecule has 3 heteroatoms. The lowest BCUT2D eigenvalue weighted by Gasteiger charge is -2.31. The Kier molecular flexibility index (Phi) is 4.77. The third-order valence-electron chi connectivity index (χ3n) is 5.11. The molecule has 3 aromatic rings. The number of nitrogens with zero attached hydrogens (tertiary/aromatic N) is 2.